The van der Waals surface area contributed by atoms with Crippen LogP contribution in [0, 0.1) is 6.92 Å². The summed E-state index contributed by atoms with van der Waals surface area (Å²) >= 11 is 5.91. The van der Waals surface area contributed by atoms with Crippen LogP contribution in [0.1, 0.15) is 54.7 Å². The molecule has 1 aromatic carbocycles. The van der Waals surface area contributed by atoms with Crippen LogP contribution in [0.25, 0.3) is 5.82 Å². The summed E-state index contributed by atoms with van der Waals surface area (Å²) in [6.07, 6.45) is 10.9. The van der Waals surface area contributed by atoms with Crippen LogP contribution in [0.5, 0.6) is 5.75 Å². The second-order valence-electron chi connectivity index (χ2n) is 9.51. The van der Waals surface area contributed by atoms with Gasteiger partial charge >= 0.3 is 0 Å². The Morgan fingerprint density at radius 2 is 1.78 bits per heavy atom. The van der Waals surface area contributed by atoms with Gasteiger partial charge in [-0.05, 0) is 105 Å². The Hall–Kier alpha value is -3.71. The van der Waals surface area contributed by atoms with Gasteiger partial charge in [-0.3, -0.25) is 4.98 Å². The number of anilines is 1. The van der Waals surface area contributed by atoms with Gasteiger partial charge in [0.05, 0.1) is 17.8 Å². The van der Waals surface area contributed by atoms with Crippen molar-refractivity contribution < 1.29 is 4.74 Å². The Labute approximate surface area is 217 Å². The van der Waals surface area contributed by atoms with E-state index < -0.39 is 0 Å². The van der Waals surface area contributed by atoms with E-state index in [-0.39, 0.29) is 12.1 Å². The fourth-order valence-electron chi connectivity index (χ4n) is 5.26. The molecule has 2 aliphatic rings. The van der Waals surface area contributed by atoms with Crippen LogP contribution in [-0.4, -0.2) is 25.8 Å². The van der Waals surface area contributed by atoms with E-state index in [4.69, 9.17) is 17.0 Å². The summed E-state index contributed by atoms with van der Waals surface area (Å²) in [5.74, 6) is 1.78. The molecule has 1 N–H and O–H groups in total. The molecular weight excluding hydrogens is 466 g/mol. The van der Waals surface area contributed by atoms with E-state index in [9.17, 15) is 0 Å². The number of nitrogens with one attached hydrogen (secondary N) is 1. The third-order valence-corrected chi connectivity index (χ3v) is 7.36. The van der Waals surface area contributed by atoms with Crippen LogP contribution < -0.4 is 15.0 Å². The molecule has 4 aromatic rings. The standard InChI is InChI=1S/C29H29N5OS/c1-20-11-16-26(31-19-20)33-18-6-10-25(33)28-27(24-9-4-5-17-30-24)32-29(36)34(28)21-12-14-23(15-13-21)35-22-7-2-3-8-22/h4-6,9-19,22,27-28H,2-3,7-8H2,1H3,(H,32,36)/t27-,28-/m0/s1. The molecule has 0 unspecified atom stereocenters. The first-order chi connectivity index (χ1) is 17.7. The van der Waals surface area contributed by atoms with Crippen LogP contribution in [0.2, 0.25) is 0 Å². The molecule has 0 spiro atoms. The van der Waals surface area contributed by atoms with E-state index in [2.05, 4.69) is 79.5 Å². The molecule has 6 nitrogen and oxygen atoms in total. The summed E-state index contributed by atoms with van der Waals surface area (Å²) in [5.41, 5.74) is 4.17. The number of benzene rings is 1. The van der Waals surface area contributed by atoms with Crippen molar-refractivity contribution in [3.63, 3.8) is 0 Å². The zero-order chi connectivity index (χ0) is 24.5. The number of nitrogens with zero attached hydrogens (tertiary/aromatic N) is 4. The summed E-state index contributed by atoms with van der Waals surface area (Å²) in [4.78, 5) is 11.6. The highest BCUT2D eigenvalue weighted by molar-refractivity contribution is 7.80. The molecule has 0 radical (unpaired) electrons. The monoisotopic (exact) mass is 495 g/mol. The van der Waals surface area contributed by atoms with Crippen molar-refractivity contribution in [1.82, 2.24) is 19.9 Å². The number of pyridine rings is 2. The van der Waals surface area contributed by atoms with Gasteiger partial charge in [-0.2, -0.15) is 0 Å². The van der Waals surface area contributed by atoms with E-state index in [0.717, 1.165) is 47.0 Å². The first kappa shape index (κ1) is 22.7. The SMILES string of the molecule is Cc1ccc(-n2cccc2[C@H]2[C@H](c3ccccn3)NC(=S)N2c2ccc(OC3CCCC3)cc2)nc1. The van der Waals surface area contributed by atoms with Crippen LogP contribution in [-0.2, 0) is 0 Å². The van der Waals surface area contributed by atoms with Crippen molar-refractivity contribution in [2.24, 2.45) is 0 Å². The molecule has 6 rings (SSSR count). The zero-order valence-corrected chi connectivity index (χ0v) is 21.1. The van der Waals surface area contributed by atoms with E-state index in [1.807, 2.05) is 37.5 Å². The topological polar surface area (TPSA) is 55.2 Å². The van der Waals surface area contributed by atoms with E-state index in [1.54, 1.807) is 0 Å². The lowest BCUT2D eigenvalue weighted by Crippen LogP contribution is -2.30. The number of hydrogen-bond acceptors (Lipinski definition) is 4. The Morgan fingerprint density at radius 3 is 2.50 bits per heavy atom. The third kappa shape index (κ3) is 4.35. The third-order valence-electron chi connectivity index (χ3n) is 7.04. The molecule has 7 heteroatoms. The van der Waals surface area contributed by atoms with Gasteiger partial charge in [0.1, 0.15) is 17.6 Å². The second kappa shape index (κ2) is 9.74. The van der Waals surface area contributed by atoms with Gasteiger partial charge in [0.15, 0.2) is 5.11 Å². The van der Waals surface area contributed by atoms with Crippen molar-refractivity contribution in [1.29, 1.82) is 0 Å². The first-order valence-corrected chi connectivity index (χ1v) is 13.0. The average molecular weight is 496 g/mol. The maximum atomic E-state index is 6.21. The predicted molar refractivity (Wildman–Crippen MR) is 146 cm³/mol. The molecule has 1 aliphatic carbocycles. The lowest BCUT2D eigenvalue weighted by Gasteiger charge is -2.29. The highest BCUT2D eigenvalue weighted by Crippen LogP contribution is 2.42. The van der Waals surface area contributed by atoms with Crippen molar-refractivity contribution >= 4 is 23.0 Å². The van der Waals surface area contributed by atoms with Crippen molar-refractivity contribution in [3.8, 4) is 11.6 Å². The van der Waals surface area contributed by atoms with Gasteiger partial charge in [-0.25, -0.2) is 4.98 Å². The number of aromatic nitrogens is 3. The smallest absolute Gasteiger partial charge is 0.174 e. The number of ether oxygens (including phenoxy) is 1. The molecule has 1 saturated carbocycles. The van der Waals surface area contributed by atoms with Gasteiger partial charge in [0.25, 0.3) is 0 Å². The average Bonchev–Trinajstić information content (AvgIpc) is 3.66. The largest absolute Gasteiger partial charge is 0.490 e. The number of hydrogen-bond donors (Lipinski definition) is 1. The molecule has 1 aliphatic heterocycles. The van der Waals surface area contributed by atoms with E-state index in [1.165, 1.54) is 12.8 Å². The zero-order valence-electron chi connectivity index (χ0n) is 20.2. The van der Waals surface area contributed by atoms with Gasteiger partial charge in [0.2, 0.25) is 0 Å². The second-order valence-corrected chi connectivity index (χ2v) is 9.90. The van der Waals surface area contributed by atoms with Crippen LogP contribution in [0.4, 0.5) is 5.69 Å². The molecule has 36 heavy (non-hydrogen) atoms. The lowest BCUT2D eigenvalue weighted by atomic mass is 10.0. The summed E-state index contributed by atoms with van der Waals surface area (Å²) in [7, 11) is 0. The number of thiocarbonyl (C=S) groups is 1. The maximum absolute atomic E-state index is 6.21. The quantitative estimate of drug-likeness (QED) is 0.328. The molecule has 1 saturated heterocycles. The Morgan fingerprint density at radius 1 is 0.944 bits per heavy atom. The highest BCUT2D eigenvalue weighted by atomic mass is 32.1. The fourth-order valence-corrected chi connectivity index (χ4v) is 5.61. The molecular formula is C29H29N5OS. The molecule has 3 aromatic heterocycles. The van der Waals surface area contributed by atoms with Crippen molar-refractivity contribution in [3.05, 3.63) is 102 Å². The Kier molecular flexibility index (Phi) is 6.15. The molecule has 0 amide bonds. The van der Waals surface area contributed by atoms with Gasteiger partial charge in [0, 0.05) is 30.0 Å². The minimum Gasteiger partial charge on any atom is -0.490 e. The molecule has 182 valence electrons. The van der Waals surface area contributed by atoms with Crippen molar-refractivity contribution in [2.45, 2.75) is 50.8 Å². The minimum absolute atomic E-state index is 0.118. The summed E-state index contributed by atoms with van der Waals surface area (Å²) in [5, 5.41) is 4.22. The van der Waals surface area contributed by atoms with Gasteiger partial charge < -0.3 is 19.5 Å². The molecule has 0 bridgehead atoms. The summed E-state index contributed by atoms with van der Waals surface area (Å²) in [6, 6.07) is 22.4. The van der Waals surface area contributed by atoms with Crippen molar-refractivity contribution in [2.75, 3.05) is 4.90 Å². The summed E-state index contributed by atoms with van der Waals surface area (Å²) in [6.45, 7) is 2.05. The fraction of sp³-hybridized carbons (Fsp3) is 0.276. The number of aryl methyl sites for hydroxylation is 1. The minimum atomic E-state index is -0.118. The normalized spacial score (nSPS) is 20.0. The van der Waals surface area contributed by atoms with Crippen LogP contribution in [0.15, 0.2) is 85.3 Å². The van der Waals surface area contributed by atoms with E-state index >= 15 is 0 Å². The predicted octanol–water partition coefficient (Wildman–Crippen LogP) is 6.07. The van der Waals surface area contributed by atoms with Crippen LogP contribution in [0.3, 0.4) is 0 Å². The van der Waals surface area contributed by atoms with Gasteiger partial charge in [-0.1, -0.05) is 12.1 Å². The lowest BCUT2D eigenvalue weighted by molar-refractivity contribution is 0.210. The maximum Gasteiger partial charge on any atom is 0.174 e. The Bertz CT molecular complexity index is 1330. The number of rotatable bonds is 6. The highest BCUT2D eigenvalue weighted by Gasteiger charge is 2.42. The van der Waals surface area contributed by atoms with E-state index in [0.29, 0.717) is 11.2 Å². The van der Waals surface area contributed by atoms with Crippen LogP contribution >= 0.6 is 12.2 Å². The van der Waals surface area contributed by atoms with Gasteiger partial charge in [-0.15, -0.1) is 0 Å². The Balaban J connectivity index is 1.39. The summed E-state index contributed by atoms with van der Waals surface area (Å²) < 4.78 is 8.35. The molecule has 2 atom stereocenters. The molecule has 2 fully saturated rings. The first-order valence-electron chi connectivity index (χ1n) is 12.5. The molecule has 4 heterocycles.